The molecule has 4 rings (SSSR count). The minimum atomic E-state index is -0.532. The maximum Gasteiger partial charge on any atom is 0.230 e. The molecule has 2 aromatic carbocycles. The van der Waals surface area contributed by atoms with Crippen LogP contribution in [0.1, 0.15) is 29.5 Å². The summed E-state index contributed by atoms with van der Waals surface area (Å²) >= 11 is 0. The molecule has 0 aliphatic carbocycles. The molecule has 172 valence electrons. The molecule has 0 saturated carbocycles. The van der Waals surface area contributed by atoms with E-state index in [1.807, 2.05) is 43.3 Å². The Morgan fingerprint density at radius 2 is 1.73 bits per heavy atom. The number of rotatable bonds is 7. The summed E-state index contributed by atoms with van der Waals surface area (Å²) in [7, 11) is 1.79. The lowest BCUT2D eigenvalue weighted by atomic mass is 9.96. The van der Waals surface area contributed by atoms with Gasteiger partial charge in [-0.2, -0.15) is 15.0 Å². The second-order valence-corrected chi connectivity index (χ2v) is 8.23. The molecule has 1 amide bonds. The second-order valence-electron chi connectivity index (χ2n) is 8.23. The third kappa shape index (κ3) is 5.27. The summed E-state index contributed by atoms with van der Waals surface area (Å²) in [5.74, 6) is 1.69. The van der Waals surface area contributed by atoms with E-state index in [1.165, 1.54) is 0 Å². The van der Waals surface area contributed by atoms with E-state index in [4.69, 9.17) is 4.98 Å². The molecule has 1 aliphatic heterocycles. The van der Waals surface area contributed by atoms with Gasteiger partial charge in [0.1, 0.15) is 6.67 Å². The van der Waals surface area contributed by atoms with Gasteiger partial charge in [-0.05, 0) is 36.5 Å². The standard InChI is InChI=1S/C25H29FN6O/c1-17-7-3-6-10-21(17)22-29-24(27-2)31-25(30-22)32-13-11-18(12-14-32)23(33)28-16-20-9-5-4-8-19(20)15-26/h3-10,18H,11-16H2,1-2H3,(H,28,33)(H,27,29,30,31). The van der Waals surface area contributed by atoms with Gasteiger partial charge in [-0.1, -0.05) is 48.5 Å². The van der Waals surface area contributed by atoms with Crippen LogP contribution < -0.4 is 15.5 Å². The Hall–Kier alpha value is -3.55. The molecule has 1 aliphatic rings. The molecule has 0 unspecified atom stereocenters. The lowest BCUT2D eigenvalue weighted by Crippen LogP contribution is -2.41. The molecular weight excluding hydrogens is 419 g/mol. The maximum atomic E-state index is 13.1. The van der Waals surface area contributed by atoms with Gasteiger partial charge in [0, 0.05) is 38.2 Å². The molecule has 1 aromatic heterocycles. The van der Waals surface area contributed by atoms with E-state index in [9.17, 15) is 9.18 Å². The van der Waals surface area contributed by atoms with Crippen LogP contribution in [-0.4, -0.2) is 41.0 Å². The van der Waals surface area contributed by atoms with Crippen molar-refractivity contribution in [2.75, 3.05) is 30.4 Å². The maximum absolute atomic E-state index is 13.1. The molecule has 2 heterocycles. The molecular formula is C25H29FN6O. The van der Waals surface area contributed by atoms with Gasteiger partial charge in [0.15, 0.2) is 5.82 Å². The summed E-state index contributed by atoms with van der Waals surface area (Å²) < 4.78 is 13.1. The fourth-order valence-electron chi connectivity index (χ4n) is 4.09. The van der Waals surface area contributed by atoms with Gasteiger partial charge in [-0.15, -0.1) is 0 Å². The molecule has 0 atom stereocenters. The highest BCUT2D eigenvalue weighted by atomic mass is 19.1. The van der Waals surface area contributed by atoms with Crippen LogP contribution in [0.5, 0.6) is 0 Å². The fraction of sp³-hybridized carbons (Fsp3) is 0.360. The SMILES string of the molecule is CNc1nc(-c2ccccc2C)nc(N2CCC(C(=O)NCc3ccccc3CF)CC2)n1. The van der Waals surface area contributed by atoms with Crippen molar-refractivity contribution in [3.8, 4) is 11.4 Å². The minimum absolute atomic E-state index is 0.00970. The minimum Gasteiger partial charge on any atom is -0.357 e. The number of nitrogens with one attached hydrogen (secondary N) is 2. The van der Waals surface area contributed by atoms with E-state index >= 15 is 0 Å². The zero-order valence-electron chi connectivity index (χ0n) is 19.0. The lowest BCUT2D eigenvalue weighted by molar-refractivity contribution is -0.125. The highest BCUT2D eigenvalue weighted by Crippen LogP contribution is 2.26. The zero-order chi connectivity index (χ0) is 23.2. The average molecular weight is 449 g/mol. The number of hydrogen-bond acceptors (Lipinski definition) is 6. The van der Waals surface area contributed by atoms with E-state index in [0.29, 0.717) is 55.8 Å². The smallest absolute Gasteiger partial charge is 0.230 e. The van der Waals surface area contributed by atoms with Gasteiger partial charge in [0.2, 0.25) is 17.8 Å². The molecule has 2 N–H and O–H groups in total. The fourth-order valence-corrected chi connectivity index (χ4v) is 4.09. The van der Waals surface area contributed by atoms with Crippen LogP contribution in [0, 0.1) is 12.8 Å². The normalized spacial score (nSPS) is 14.2. The molecule has 8 heteroatoms. The number of hydrogen-bond donors (Lipinski definition) is 2. The van der Waals surface area contributed by atoms with Crippen LogP contribution in [0.4, 0.5) is 16.3 Å². The Morgan fingerprint density at radius 3 is 2.42 bits per heavy atom. The quantitative estimate of drug-likeness (QED) is 0.571. The van der Waals surface area contributed by atoms with Crippen molar-refractivity contribution in [1.82, 2.24) is 20.3 Å². The number of anilines is 2. The number of carbonyl (C=O) groups is 1. The van der Waals surface area contributed by atoms with Crippen LogP contribution >= 0.6 is 0 Å². The molecule has 7 nitrogen and oxygen atoms in total. The topological polar surface area (TPSA) is 83.0 Å². The van der Waals surface area contributed by atoms with Crippen LogP contribution in [-0.2, 0) is 18.0 Å². The Bertz CT molecular complexity index is 1110. The number of nitrogens with zero attached hydrogens (tertiary/aromatic N) is 4. The molecule has 0 bridgehead atoms. The van der Waals surface area contributed by atoms with Crippen molar-refractivity contribution in [1.29, 1.82) is 0 Å². The van der Waals surface area contributed by atoms with Crippen molar-refractivity contribution in [3.63, 3.8) is 0 Å². The lowest BCUT2D eigenvalue weighted by Gasteiger charge is -2.31. The Balaban J connectivity index is 1.41. The molecule has 33 heavy (non-hydrogen) atoms. The van der Waals surface area contributed by atoms with E-state index in [0.717, 1.165) is 16.7 Å². The number of alkyl halides is 1. The number of carbonyl (C=O) groups excluding carboxylic acids is 1. The second kappa shape index (κ2) is 10.4. The van der Waals surface area contributed by atoms with Crippen molar-refractivity contribution in [2.24, 2.45) is 5.92 Å². The number of amides is 1. The number of piperidine rings is 1. The predicted octanol–water partition coefficient (Wildman–Crippen LogP) is 3.89. The summed E-state index contributed by atoms with van der Waals surface area (Å²) in [6, 6.07) is 15.3. The van der Waals surface area contributed by atoms with E-state index < -0.39 is 6.67 Å². The average Bonchev–Trinajstić information content (AvgIpc) is 2.87. The van der Waals surface area contributed by atoms with Crippen molar-refractivity contribution in [2.45, 2.75) is 33.0 Å². The third-order valence-corrected chi connectivity index (χ3v) is 6.10. The monoisotopic (exact) mass is 448 g/mol. The number of benzene rings is 2. The Labute approximate surface area is 193 Å². The highest BCUT2D eigenvalue weighted by molar-refractivity contribution is 5.79. The van der Waals surface area contributed by atoms with Crippen molar-refractivity contribution < 1.29 is 9.18 Å². The van der Waals surface area contributed by atoms with E-state index in [-0.39, 0.29) is 11.8 Å². The third-order valence-electron chi connectivity index (χ3n) is 6.10. The Morgan fingerprint density at radius 1 is 1.03 bits per heavy atom. The zero-order valence-corrected chi connectivity index (χ0v) is 19.0. The first-order chi connectivity index (χ1) is 16.1. The molecule has 0 radical (unpaired) electrons. The van der Waals surface area contributed by atoms with Gasteiger partial charge < -0.3 is 15.5 Å². The van der Waals surface area contributed by atoms with E-state index in [2.05, 4.69) is 25.5 Å². The van der Waals surface area contributed by atoms with Crippen LogP contribution in [0.3, 0.4) is 0 Å². The predicted molar refractivity (Wildman–Crippen MR) is 128 cm³/mol. The number of halogens is 1. The Kier molecular flexibility index (Phi) is 7.12. The van der Waals surface area contributed by atoms with Gasteiger partial charge >= 0.3 is 0 Å². The number of aromatic nitrogens is 3. The van der Waals surface area contributed by atoms with E-state index in [1.54, 1.807) is 19.2 Å². The summed E-state index contributed by atoms with van der Waals surface area (Å²) in [5, 5.41) is 6.00. The van der Waals surface area contributed by atoms with Crippen molar-refractivity contribution in [3.05, 3.63) is 65.2 Å². The first kappa shape index (κ1) is 22.6. The van der Waals surface area contributed by atoms with Gasteiger partial charge in [-0.3, -0.25) is 4.79 Å². The first-order valence-corrected chi connectivity index (χ1v) is 11.2. The van der Waals surface area contributed by atoms with Crippen LogP contribution in [0.2, 0.25) is 0 Å². The van der Waals surface area contributed by atoms with Gasteiger partial charge in [0.05, 0.1) is 0 Å². The van der Waals surface area contributed by atoms with Crippen molar-refractivity contribution >= 4 is 17.8 Å². The number of aryl methyl sites for hydroxylation is 1. The molecule has 3 aromatic rings. The van der Waals surface area contributed by atoms with Crippen LogP contribution in [0.25, 0.3) is 11.4 Å². The van der Waals surface area contributed by atoms with Gasteiger partial charge in [-0.25, -0.2) is 4.39 Å². The summed E-state index contributed by atoms with van der Waals surface area (Å²) in [6.07, 6.45) is 1.41. The molecule has 1 saturated heterocycles. The summed E-state index contributed by atoms with van der Waals surface area (Å²) in [6.45, 7) is 3.21. The summed E-state index contributed by atoms with van der Waals surface area (Å²) in [4.78, 5) is 28.6. The van der Waals surface area contributed by atoms with Crippen LogP contribution in [0.15, 0.2) is 48.5 Å². The first-order valence-electron chi connectivity index (χ1n) is 11.2. The molecule has 1 fully saturated rings. The largest absolute Gasteiger partial charge is 0.357 e. The van der Waals surface area contributed by atoms with Gasteiger partial charge in [0.25, 0.3) is 0 Å². The summed E-state index contributed by atoms with van der Waals surface area (Å²) in [5.41, 5.74) is 3.51. The molecule has 0 spiro atoms. The highest BCUT2D eigenvalue weighted by Gasteiger charge is 2.27.